The average Bonchev–Trinajstić information content (AvgIpc) is 3.12. The lowest BCUT2D eigenvalue weighted by Gasteiger charge is -2.16. The fraction of sp³-hybridized carbons (Fsp3) is 0.200. The minimum atomic E-state index is -3.83. The molecule has 1 heterocycles. The molecule has 0 aliphatic heterocycles. The number of hydrogen-bond acceptors (Lipinski definition) is 7. The number of carbonyl (C=O) groups excluding carboxylic acids is 1. The van der Waals surface area contributed by atoms with Crippen molar-refractivity contribution in [2.45, 2.75) is 24.8 Å². The van der Waals surface area contributed by atoms with Crippen LogP contribution in [0.5, 0.6) is 11.5 Å². The molecule has 0 radical (unpaired) electrons. The summed E-state index contributed by atoms with van der Waals surface area (Å²) in [5.41, 5.74) is 0.423. The van der Waals surface area contributed by atoms with Gasteiger partial charge in [-0.2, -0.15) is 0 Å². The quantitative estimate of drug-likeness (QED) is 0.562. The van der Waals surface area contributed by atoms with Crippen LogP contribution < -0.4 is 19.5 Å². The van der Waals surface area contributed by atoms with Crippen molar-refractivity contribution in [2.24, 2.45) is 0 Å². The molecule has 1 aromatic heterocycles. The number of aryl methyl sites for hydroxylation is 1. The van der Waals surface area contributed by atoms with Crippen LogP contribution in [0.2, 0.25) is 0 Å². The fourth-order valence-electron chi connectivity index (χ4n) is 2.53. The molecule has 30 heavy (non-hydrogen) atoms. The Morgan fingerprint density at radius 2 is 1.77 bits per heavy atom. The second kappa shape index (κ2) is 8.87. The van der Waals surface area contributed by atoms with Gasteiger partial charge in [0.25, 0.3) is 15.9 Å². The van der Waals surface area contributed by atoms with Crippen molar-refractivity contribution >= 4 is 27.4 Å². The largest absolute Gasteiger partial charge is 0.493 e. The molecule has 3 aromatic rings. The van der Waals surface area contributed by atoms with Crippen molar-refractivity contribution < 1.29 is 27.2 Å². The normalized spacial score (nSPS) is 12.1. The van der Waals surface area contributed by atoms with Crippen LogP contribution in [0.25, 0.3) is 0 Å². The third-order valence-corrected chi connectivity index (χ3v) is 5.41. The fourth-order valence-corrected chi connectivity index (χ4v) is 3.52. The van der Waals surface area contributed by atoms with Crippen LogP contribution in [0, 0.1) is 6.92 Å². The molecule has 0 aliphatic carbocycles. The number of anilines is 2. The molecule has 1 amide bonds. The first-order valence-corrected chi connectivity index (χ1v) is 10.4. The number of benzene rings is 2. The maximum atomic E-state index is 12.4. The Hall–Kier alpha value is -3.53. The number of methoxy groups -OCH3 is 1. The minimum absolute atomic E-state index is 0.0134. The molecule has 0 aliphatic rings. The van der Waals surface area contributed by atoms with E-state index in [-0.39, 0.29) is 10.7 Å². The number of para-hydroxylation sites is 2. The van der Waals surface area contributed by atoms with Gasteiger partial charge >= 0.3 is 0 Å². The summed E-state index contributed by atoms with van der Waals surface area (Å²) >= 11 is 0. The van der Waals surface area contributed by atoms with Gasteiger partial charge in [0.2, 0.25) is 0 Å². The van der Waals surface area contributed by atoms with Crippen LogP contribution in [0.1, 0.15) is 12.7 Å². The lowest BCUT2D eigenvalue weighted by molar-refractivity contribution is -0.122. The van der Waals surface area contributed by atoms with E-state index >= 15 is 0 Å². The predicted octanol–water partition coefficient (Wildman–Crippen LogP) is 3.20. The number of ether oxygens (including phenoxy) is 2. The topological polar surface area (TPSA) is 120 Å². The molecular formula is C20H21N3O6S. The van der Waals surface area contributed by atoms with Crippen molar-refractivity contribution in [3.05, 3.63) is 60.4 Å². The second-order valence-corrected chi connectivity index (χ2v) is 8.04. The third kappa shape index (κ3) is 5.09. The molecule has 3 rings (SSSR count). The average molecular weight is 431 g/mol. The van der Waals surface area contributed by atoms with Gasteiger partial charge in [0.1, 0.15) is 5.76 Å². The molecule has 0 spiro atoms. The Morgan fingerprint density at radius 1 is 1.10 bits per heavy atom. The van der Waals surface area contributed by atoms with Gasteiger partial charge in [-0.15, -0.1) is 0 Å². The Labute approximate surface area is 174 Å². The zero-order valence-corrected chi connectivity index (χ0v) is 17.4. The zero-order valence-electron chi connectivity index (χ0n) is 16.6. The number of nitrogens with one attached hydrogen (secondary N) is 2. The van der Waals surface area contributed by atoms with E-state index in [1.165, 1.54) is 37.4 Å². The number of carbonyl (C=O) groups is 1. The van der Waals surface area contributed by atoms with Crippen molar-refractivity contribution in [1.82, 2.24) is 5.16 Å². The minimum Gasteiger partial charge on any atom is -0.493 e. The summed E-state index contributed by atoms with van der Waals surface area (Å²) in [4.78, 5) is 12.4. The molecule has 0 saturated carbocycles. The maximum Gasteiger partial charge on any atom is 0.265 e. The maximum absolute atomic E-state index is 12.4. The van der Waals surface area contributed by atoms with Crippen molar-refractivity contribution in [3.8, 4) is 11.5 Å². The summed E-state index contributed by atoms with van der Waals surface area (Å²) < 4.78 is 42.8. The van der Waals surface area contributed by atoms with Gasteiger partial charge in [-0.05, 0) is 50.2 Å². The highest BCUT2D eigenvalue weighted by molar-refractivity contribution is 7.92. The molecule has 0 fully saturated rings. The van der Waals surface area contributed by atoms with Crippen molar-refractivity contribution in [3.63, 3.8) is 0 Å². The first-order chi connectivity index (χ1) is 14.3. The molecular weight excluding hydrogens is 410 g/mol. The van der Waals surface area contributed by atoms with Gasteiger partial charge in [0.05, 0.1) is 12.0 Å². The summed E-state index contributed by atoms with van der Waals surface area (Å²) in [5.74, 6) is 1.13. The van der Waals surface area contributed by atoms with Crippen LogP contribution >= 0.6 is 0 Å². The lowest BCUT2D eigenvalue weighted by atomic mass is 10.3. The molecule has 1 atom stereocenters. The molecule has 0 bridgehead atoms. The van der Waals surface area contributed by atoms with E-state index in [2.05, 4.69) is 15.2 Å². The number of aromatic nitrogens is 1. The van der Waals surface area contributed by atoms with Gasteiger partial charge in [-0.25, -0.2) is 8.42 Å². The molecule has 10 heteroatoms. The Morgan fingerprint density at radius 3 is 2.37 bits per heavy atom. The molecule has 2 aromatic carbocycles. The van der Waals surface area contributed by atoms with E-state index in [0.29, 0.717) is 22.9 Å². The molecule has 0 saturated heterocycles. The van der Waals surface area contributed by atoms with E-state index in [9.17, 15) is 13.2 Å². The highest BCUT2D eigenvalue weighted by Crippen LogP contribution is 2.27. The van der Waals surface area contributed by atoms with Gasteiger partial charge in [0, 0.05) is 11.8 Å². The number of rotatable bonds is 8. The molecule has 158 valence electrons. The van der Waals surface area contributed by atoms with Crippen LogP contribution in [0.3, 0.4) is 0 Å². The second-order valence-electron chi connectivity index (χ2n) is 6.35. The Kier molecular flexibility index (Phi) is 6.26. The summed E-state index contributed by atoms with van der Waals surface area (Å²) in [6, 6.07) is 14.2. The SMILES string of the molecule is COc1ccccc1OC(C)C(=O)Nc1ccc(S(=O)(=O)Nc2cc(C)on2)cc1. The monoisotopic (exact) mass is 431 g/mol. The summed E-state index contributed by atoms with van der Waals surface area (Å²) in [6.07, 6.45) is -0.804. The van der Waals surface area contributed by atoms with Crippen molar-refractivity contribution in [1.29, 1.82) is 0 Å². The van der Waals surface area contributed by atoms with E-state index in [1.807, 2.05) is 0 Å². The van der Waals surface area contributed by atoms with E-state index < -0.39 is 22.0 Å². The number of nitrogens with zero attached hydrogens (tertiary/aromatic N) is 1. The van der Waals surface area contributed by atoms with E-state index in [4.69, 9.17) is 14.0 Å². The third-order valence-electron chi connectivity index (χ3n) is 4.04. The van der Waals surface area contributed by atoms with Crippen LogP contribution in [0.15, 0.2) is 64.0 Å². The van der Waals surface area contributed by atoms with Gasteiger partial charge in [-0.3, -0.25) is 9.52 Å². The number of sulfonamides is 1. The predicted molar refractivity (Wildman–Crippen MR) is 110 cm³/mol. The van der Waals surface area contributed by atoms with Crippen LogP contribution in [0.4, 0.5) is 11.5 Å². The first kappa shape index (κ1) is 21.2. The van der Waals surface area contributed by atoms with E-state index in [1.54, 1.807) is 38.1 Å². The standard InChI is InChI=1S/C20H21N3O6S/c1-13-12-19(22-29-13)23-30(25,26)16-10-8-15(9-11-16)21-20(24)14(2)28-18-7-5-4-6-17(18)27-3/h4-12,14H,1-3H3,(H,21,24)(H,22,23). The van der Waals surface area contributed by atoms with Crippen LogP contribution in [-0.2, 0) is 14.8 Å². The number of hydrogen-bond donors (Lipinski definition) is 2. The first-order valence-electron chi connectivity index (χ1n) is 8.95. The lowest BCUT2D eigenvalue weighted by Crippen LogP contribution is -2.30. The van der Waals surface area contributed by atoms with E-state index in [0.717, 1.165) is 0 Å². The highest BCUT2D eigenvalue weighted by atomic mass is 32.2. The highest BCUT2D eigenvalue weighted by Gasteiger charge is 2.19. The molecule has 1 unspecified atom stereocenters. The van der Waals surface area contributed by atoms with Crippen LogP contribution in [-0.4, -0.2) is 32.7 Å². The summed E-state index contributed by atoms with van der Waals surface area (Å²) in [6.45, 7) is 3.26. The Bertz CT molecular complexity index is 1130. The van der Waals surface area contributed by atoms with Gasteiger partial charge in [-0.1, -0.05) is 17.3 Å². The number of amides is 1. The zero-order chi connectivity index (χ0) is 21.7. The van der Waals surface area contributed by atoms with Crippen molar-refractivity contribution in [2.75, 3.05) is 17.1 Å². The smallest absolute Gasteiger partial charge is 0.265 e. The Balaban J connectivity index is 1.64. The van der Waals surface area contributed by atoms with Gasteiger partial charge in [0.15, 0.2) is 23.4 Å². The molecule has 9 nitrogen and oxygen atoms in total. The molecule has 2 N–H and O–H groups in total. The summed E-state index contributed by atoms with van der Waals surface area (Å²) in [7, 11) is -2.32. The summed E-state index contributed by atoms with van der Waals surface area (Å²) in [5, 5.41) is 6.29. The van der Waals surface area contributed by atoms with Gasteiger partial charge < -0.3 is 19.3 Å².